The SMILES string of the molecule is NC(=O)[C@H](Cc1c[nH]c2ccccc12)NC(=O)[C@H](CCCN/C(N)=N/[N+](=O)[O-])NC(=O)[C@@H](Cc1ccccc1)NC(=O)[C@@H]([NH3+])Cc1ccc(O)cc1. The number of nitrogens with one attached hydrogen (secondary N) is 5. The minimum absolute atomic E-state index is 0.000298. The highest BCUT2D eigenvalue weighted by molar-refractivity contribution is 5.95. The monoisotopic (exact) mass is 715 g/mol. The Balaban J connectivity index is 1.52. The molecular formula is C35H43N10O7+. The molecule has 0 radical (unpaired) electrons. The number of hydrogen-bond donors (Lipinski definition) is 9. The van der Waals surface area contributed by atoms with Gasteiger partial charge in [-0.15, -0.1) is 0 Å². The van der Waals surface area contributed by atoms with Crippen LogP contribution < -0.4 is 38.5 Å². The summed E-state index contributed by atoms with van der Waals surface area (Å²) in [6.45, 7) is 0.0576. The van der Waals surface area contributed by atoms with Gasteiger partial charge in [0.25, 0.3) is 11.9 Å². The van der Waals surface area contributed by atoms with Crippen LogP contribution in [0.3, 0.4) is 0 Å². The quantitative estimate of drug-likeness (QED) is 0.0207. The van der Waals surface area contributed by atoms with Gasteiger partial charge in [0.05, 0.1) is 0 Å². The number of nitrogens with two attached hydrogens (primary N) is 2. The maximum atomic E-state index is 13.9. The Morgan fingerprint density at radius 1 is 0.808 bits per heavy atom. The van der Waals surface area contributed by atoms with E-state index in [0.717, 1.165) is 27.6 Å². The number of rotatable bonds is 18. The molecule has 0 spiro atoms. The van der Waals surface area contributed by atoms with E-state index in [0.29, 0.717) is 0 Å². The Hall–Kier alpha value is -6.49. The molecule has 0 aliphatic heterocycles. The number of fused-ring (bicyclic) bond motifs is 1. The van der Waals surface area contributed by atoms with Crippen molar-refractivity contribution < 1.29 is 35.1 Å². The van der Waals surface area contributed by atoms with Gasteiger partial charge in [0.2, 0.25) is 17.7 Å². The third-order valence-corrected chi connectivity index (χ3v) is 8.26. The van der Waals surface area contributed by atoms with Gasteiger partial charge in [0.15, 0.2) is 11.1 Å². The molecule has 274 valence electrons. The fourth-order valence-corrected chi connectivity index (χ4v) is 5.56. The summed E-state index contributed by atoms with van der Waals surface area (Å²) < 4.78 is 0. The maximum Gasteiger partial charge on any atom is 0.279 e. The average Bonchev–Trinajstić information content (AvgIpc) is 3.52. The molecule has 0 saturated carbocycles. The minimum Gasteiger partial charge on any atom is -0.508 e. The van der Waals surface area contributed by atoms with Crippen LogP contribution in [-0.2, 0) is 38.4 Å². The number of phenolic OH excluding ortho intramolecular Hbond substituents is 1. The van der Waals surface area contributed by atoms with E-state index in [1.807, 2.05) is 30.3 Å². The number of H-pyrrole nitrogens is 1. The molecule has 52 heavy (non-hydrogen) atoms. The lowest BCUT2D eigenvalue weighted by Gasteiger charge is -2.25. The highest BCUT2D eigenvalue weighted by atomic mass is 16.7. The Kier molecular flexibility index (Phi) is 13.6. The number of aromatic nitrogens is 1. The Morgan fingerprint density at radius 2 is 1.42 bits per heavy atom. The van der Waals surface area contributed by atoms with Crippen molar-refractivity contribution in [1.82, 2.24) is 26.3 Å². The van der Waals surface area contributed by atoms with E-state index in [4.69, 9.17) is 11.5 Å². The largest absolute Gasteiger partial charge is 0.508 e. The molecule has 0 saturated heterocycles. The van der Waals surface area contributed by atoms with Crippen molar-refractivity contribution in [3.63, 3.8) is 0 Å². The third-order valence-electron chi connectivity index (χ3n) is 8.26. The van der Waals surface area contributed by atoms with E-state index in [2.05, 4.69) is 37.1 Å². The molecule has 0 unspecified atom stereocenters. The highest BCUT2D eigenvalue weighted by Crippen LogP contribution is 2.19. The van der Waals surface area contributed by atoms with Crippen LogP contribution >= 0.6 is 0 Å². The number of aromatic hydroxyl groups is 1. The van der Waals surface area contributed by atoms with E-state index in [-0.39, 0.29) is 44.4 Å². The van der Waals surface area contributed by atoms with Crippen molar-refractivity contribution in [2.75, 3.05) is 6.54 Å². The van der Waals surface area contributed by atoms with Gasteiger partial charge in [0, 0.05) is 42.9 Å². The van der Waals surface area contributed by atoms with E-state index < -0.39 is 58.8 Å². The molecule has 4 amide bonds. The number of guanidine groups is 1. The number of para-hydroxylation sites is 1. The van der Waals surface area contributed by atoms with Gasteiger partial charge in [-0.3, -0.25) is 19.2 Å². The first-order chi connectivity index (χ1) is 24.9. The number of hydrazone groups is 1. The standard InChI is InChI=1S/C35H42N10O7/c36-26(17-22-12-14-24(46)15-13-22)32(48)43-30(18-21-7-2-1-3-8-21)34(50)41-28(11-6-16-39-35(38)44-45(51)52)33(49)42-29(31(37)47)19-23-20-40-27-10-5-4-9-25(23)27/h1-5,7-10,12-15,20,26,28-30,40,46H,6,11,16-19,36H2,(H2,37,47)(H,41,50)(H,42,49)(H,43,48)(H3,38,39,44)/p+1/t26-,28-,29-,30+/m0/s1. The first kappa shape index (κ1) is 38.3. The summed E-state index contributed by atoms with van der Waals surface area (Å²) in [6.07, 6.45) is 2.29. The minimum atomic E-state index is -1.23. The molecule has 0 fully saturated rings. The number of nitro groups is 1. The smallest absolute Gasteiger partial charge is 0.279 e. The second-order valence-electron chi connectivity index (χ2n) is 12.2. The number of phenols is 1. The first-order valence-electron chi connectivity index (χ1n) is 16.5. The zero-order chi connectivity index (χ0) is 37.6. The number of carbonyl (C=O) groups is 4. The molecule has 0 bridgehead atoms. The molecule has 4 rings (SSSR count). The van der Waals surface area contributed by atoms with E-state index in [1.165, 1.54) is 12.1 Å². The molecule has 3 aromatic carbocycles. The normalized spacial score (nSPS) is 13.7. The molecule has 0 aliphatic carbocycles. The van der Waals surface area contributed by atoms with Crippen LogP contribution in [-0.4, -0.2) is 75.4 Å². The van der Waals surface area contributed by atoms with Crippen molar-refractivity contribution in [2.24, 2.45) is 16.6 Å². The Labute approximate surface area is 298 Å². The Morgan fingerprint density at radius 3 is 2.12 bits per heavy atom. The van der Waals surface area contributed by atoms with Crippen molar-refractivity contribution in [3.05, 3.63) is 112 Å². The van der Waals surface area contributed by atoms with Gasteiger partial charge in [-0.2, -0.15) is 0 Å². The number of carbonyl (C=O) groups excluding carboxylic acids is 4. The lowest BCUT2D eigenvalue weighted by molar-refractivity contribution is -0.485. The van der Waals surface area contributed by atoms with E-state index in [9.17, 15) is 34.4 Å². The molecule has 4 aromatic rings. The zero-order valence-corrected chi connectivity index (χ0v) is 28.3. The summed E-state index contributed by atoms with van der Waals surface area (Å²) in [4.78, 5) is 67.4. The van der Waals surface area contributed by atoms with Crippen LogP contribution in [0.25, 0.3) is 10.9 Å². The topological polar surface area (TPSA) is 288 Å². The third kappa shape index (κ3) is 11.5. The average molecular weight is 716 g/mol. The van der Waals surface area contributed by atoms with Crippen molar-refractivity contribution in [3.8, 4) is 5.75 Å². The Bertz CT molecular complexity index is 1880. The molecule has 17 nitrogen and oxygen atoms in total. The summed E-state index contributed by atoms with van der Waals surface area (Å²) in [7, 11) is 0. The van der Waals surface area contributed by atoms with Gasteiger partial charge in [-0.25, -0.2) is 10.1 Å². The van der Waals surface area contributed by atoms with Gasteiger partial charge in [0.1, 0.15) is 29.0 Å². The van der Waals surface area contributed by atoms with Crippen LogP contribution in [0.1, 0.15) is 29.5 Å². The molecular weight excluding hydrogens is 672 g/mol. The maximum absolute atomic E-state index is 13.9. The predicted octanol–water partition coefficient (Wildman–Crippen LogP) is -0.672. The molecule has 4 atom stereocenters. The van der Waals surface area contributed by atoms with Crippen LogP contribution in [0.4, 0.5) is 0 Å². The lowest BCUT2D eigenvalue weighted by atomic mass is 10.0. The van der Waals surface area contributed by atoms with Crippen LogP contribution in [0, 0.1) is 10.1 Å². The number of nitrogens with zero attached hydrogens (tertiary/aromatic N) is 2. The van der Waals surface area contributed by atoms with Gasteiger partial charge in [-0.1, -0.05) is 60.7 Å². The second-order valence-corrected chi connectivity index (χ2v) is 12.2. The number of quaternary nitrogens is 1. The predicted molar refractivity (Wildman–Crippen MR) is 191 cm³/mol. The van der Waals surface area contributed by atoms with Crippen molar-refractivity contribution in [1.29, 1.82) is 0 Å². The molecule has 13 N–H and O–H groups in total. The van der Waals surface area contributed by atoms with Gasteiger partial charge >= 0.3 is 0 Å². The molecule has 0 aliphatic rings. The van der Waals surface area contributed by atoms with Crippen molar-refractivity contribution in [2.45, 2.75) is 56.3 Å². The fourth-order valence-electron chi connectivity index (χ4n) is 5.56. The number of benzene rings is 3. The van der Waals surface area contributed by atoms with Crippen LogP contribution in [0.15, 0.2) is 90.2 Å². The summed E-state index contributed by atoms with van der Waals surface area (Å²) >= 11 is 0. The van der Waals surface area contributed by atoms with E-state index in [1.54, 1.807) is 42.6 Å². The summed E-state index contributed by atoms with van der Waals surface area (Å²) in [5.74, 6) is -3.06. The molecule has 1 heterocycles. The molecule has 17 heteroatoms. The fraction of sp³-hybridized carbons (Fsp3) is 0.286. The van der Waals surface area contributed by atoms with Gasteiger partial charge in [-0.05, 0) is 47.7 Å². The zero-order valence-electron chi connectivity index (χ0n) is 28.3. The summed E-state index contributed by atoms with van der Waals surface area (Å²) in [6, 6.07) is 18.4. The van der Waals surface area contributed by atoms with Crippen molar-refractivity contribution >= 4 is 40.5 Å². The number of amides is 4. The van der Waals surface area contributed by atoms with Gasteiger partial charge < -0.3 is 48.6 Å². The van der Waals surface area contributed by atoms with E-state index >= 15 is 0 Å². The second kappa shape index (κ2) is 18.5. The van der Waals surface area contributed by atoms with Crippen LogP contribution in [0.2, 0.25) is 0 Å². The number of hydrogen-bond acceptors (Lipinski definition) is 7. The highest BCUT2D eigenvalue weighted by Gasteiger charge is 2.31. The van der Waals surface area contributed by atoms with Crippen LogP contribution in [0.5, 0.6) is 5.75 Å². The summed E-state index contributed by atoms with van der Waals surface area (Å²) in [5, 5.41) is 33.8. The number of aromatic amines is 1. The lowest BCUT2D eigenvalue weighted by Crippen LogP contribution is -2.70. The first-order valence-corrected chi connectivity index (χ1v) is 16.5. The molecule has 1 aromatic heterocycles. The number of primary amides is 1. The summed E-state index contributed by atoms with van der Waals surface area (Å²) in [5.41, 5.74) is 18.3.